The summed E-state index contributed by atoms with van der Waals surface area (Å²) in [6, 6.07) is 11.0. The summed E-state index contributed by atoms with van der Waals surface area (Å²) in [5.41, 5.74) is -0.168. The number of ether oxygens (including phenoxy) is 1. The van der Waals surface area contributed by atoms with Crippen LogP contribution in [0.2, 0.25) is 0 Å². The first-order valence-corrected chi connectivity index (χ1v) is 10.0. The molecule has 0 aliphatic carbocycles. The SMILES string of the molecule is COc1ccc(CCC2(C)NC(=O)N(CC(=O)Nc3ccc(Br)cc3F)C2=O)cc1. The monoisotopic (exact) mass is 477 g/mol. The Morgan fingerprint density at radius 3 is 2.57 bits per heavy atom. The van der Waals surface area contributed by atoms with Crippen LogP contribution in [0.3, 0.4) is 0 Å². The fourth-order valence-corrected chi connectivity index (χ4v) is 3.50. The van der Waals surface area contributed by atoms with E-state index in [9.17, 15) is 18.8 Å². The number of aryl methyl sites for hydroxylation is 1. The average Bonchev–Trinajstić information content (AvgIpc) is 2.92. The van der Waals surface area contributed by atoms with E-state index in [1.165, 1.54) is 12.1 Å². The third kappa shape index (κ3) is 4.79. The Hall–Kier alpha value is -2.94. The number of anilines is 1. The van der Waals surface area contributed by atoms with Crippen LogP contribution in [0.4, 0.5) is 14.9 Å². The third-order valence-electron chi connectivity index (χ3n) is 4.92. The molecule has 9 heteroatoms. The molecule has 2 aromatic rings. The molecular formula is C21H21BrFN3O4. The number of hydrogen-bond donors (Lipinski definition) is 2. The van der Waals surface area contributed by atoms with Gasteiger partial charge in [0, 0.05) is 4.47 Å². The molecule has 158 valence electrons. The molecule has 0 bridgehead atoms. The summed E-state index contributed by atoms with van der Waals surface area (Å²) in [7, 11) is 1.58. The van der Waals surface area contributed by atoms with Crippen molar-refractivity contribution in [2.24, 2.45) is 0 Å². The zero-order valence-electron chi connectivity index (χ0n) is 16.5. The zero-order valence-corrected chi connectivity index (χ0v) is 18.1. The highest BCUT2D eigenvalue weighted by molar-refractivity contribution is 9.10. The lowest BCUT2D eigenvalue weighted by atomic mass is 9.93. The number of imide groups is 1. The highest BCUT2D eigenvalue weighted by Gasteiger charge is 2.47. The maximum atomic E-state index is 13.9. The van der Waals surface area contributed by atoms with Gasteiger partial charge >= 0.3 is 6.03 Å². The van der Waals surface area contributed by atoms with E-state index in [2.05, 4.69) is 26.6 Å². The molecule has 0 aromatic heterocycles. The Balaban J connectivity index is 1.62. The van der Waals surface area contributed by atoms with Crippen molar-refractivity contribution in [3.05, 3.63) is 58.3 Å². The van der Waals surface area contributed by atoms with Crippen LogP contribution in [-0.4, -0.2) is 41.9 Å². The van der Waals surface area contributed by atoms with Gasteiger partial charge in [0.2, 0.25) is 5.91 Å². The van der Waals surface area contributed by atoms with Crippen LogP contribution in [0.25, 0.3) is 0 Å². The number of rotatable bonds is 7. The second-order valence-electron chi connectivity index (χ2n) is 7.17. The zero-order chi connectivity index (χ0) is 21.9. The molecule has 3 rings (SSSR count). The number of nitrogens with one attached hydrogen (secondary N) is 2. The average molecular weight is 478 g/mol. The molecule has 1 aliphatic heterocycles. The normalized spacial score (nSPS) is 18.3. The lowest BCUT2D eigenvalue weighted by molar-refractivity contribution is -0.133. The van der Waals surface area contributed by atoms with E-state index < -0.39 is 35.7 Å². The third-order valence-corrected chi connectivity index (χ3v) is 5.42. The fraction of sp³-hybridized carbons (Fsp3) is 0.286. The Labute approximate surface area is 181 Å². The minimum atomic E-state index is -1.12. The summed E-state index contributed by atoms with van der Waals surface area (Å²) in [4.78, 5) is 38.3. The summed E-state index contributed by atoms with van der Waals surface area (Å²) in [5.74, 6) is -1.06. The molecular weight excluding hydrogens is 457 g/mol. The molecule has 1 heterocycles. The van der Waals surface area contributed by atoms with Crippen molar-refractivity contribution in [1.29, 1.82) is 0 Å². The lowest BCUT2D eigenvalue weighted by Gasteiger charge is -2.21. The Bertz CT molecular complexity index is 983. The second kappa shape index (κ2) is 8.83. The molecule has 7 nitrogen and oxygen atoms in total. The molecule has 1 saturated heterocycles. The van der Waals surface area contributed by atoms with E-state index in [0.717, 1.165) is 16.2 Å². The summed E-state index contributed by atoms with van der Waals surface area (Å²) in [6.45, 7) is 1.13. The minimum Gasteiger partial charge on any atom is -0.497 e. The molecule has 4 amide bonds. The van der Waals surface area contributed by atoms with Crippen molar-refractivity contribution < 1.29 is 23.5 Å². The molecule has 2 N–H and O–H groups in total. The van der Waals surface area contributed by atoms with Crippen LogP contribution in [0.1, 0.15) is 18.9 Å². The molecule has 0 radical (unpaired) electrons. The Kier molecular flexibility index (Phi) is 6.40. The van der Waals surface area contributed by atoms with E-state index in [-0.39, 0.29) is 5.69 Å². The standard InChI is InChI=1S/C21H21BrFN3O4/c1-21(10-9-13-3-6-15(30-2)7-4-13)19(28)26(20(29)25-21)12-18(27)24-17-8-5-14(22)11-16(17)23/h3-8,11H,9-10,12H2,1-2H3,(H,24,27)(H,25,29). The van der Waals surface area contributed by atoms with E-state index in [0.29, 0.717) is 17.3 Å². The number of hydrogen-bond acceptors (Lipinski definition) is 4. The molecule has 1 fully saturated rings. The van der Waals surface area contributed by atoms with Crippen molar-refractivity contribution in [2.45, 2.75) is 25.3 Å². The van der Waals surface area contributed by atoms with Gasteiger partial charge in [0.05, 0.1) is 12.8 Å². The summed E-state index contributed by atoms with van der Waals surface area (Å²) in [5, 5.41) is 5.04. The number of carbonyl (C=O) groups excluding carboxylic acids is 3. The van der Waals surface area contributed by atoms with E-state index in [1.807, 2.05) is 24.3 Å². The fourth-order valence-electron chi connectivity index (χ4n) is 3.17. The maximum Gasteiger partial charge on any atom is 0.325 e. The predicted molar refractivity (Wildman–Crippen MR) is 113 cm³/mol. The summed E-state index contributed by atoms with van der Waals surface area (Å²) < 4.78 is 19.5. The summed E-state index contributed by atoms with van der Waals surface area (Å²) >= 11 is 3.14. The number of amides is 4. The van der Waals surface area contributed by atoms with Crippen molar-refractivity contribution >= 4 is 39.5 Å². The first-order valence-electron chi connectivity index (χ1n) is 9.24. The number of urea groups is 1. The van der Waals surface area contributed by atoms with Gasteiger partial charge < -0.3 is 15.4 Å². The van der Waals surface area contributed by atoms with Gasteiger partial charge in [0.25, 0.3) is 5.91 Å². The number of benzene rings is 2. The van der Waals surface area contributed by atoms with Crippen LogP contribution in [0, 0.1) is 5.82 Å². The van der Waals surface area contributed by atoms with Gasteiger partial charge in [-0.05, 0) is 55.7 Å². The Morgan fingerprint density at radius 2 is 1.93 bits per heavy atom. The van der Waals surface area contributed by atoms with Crippen LogP contribution in [-0.2, 0) is 16.0 Å². The van der Waals surface area contributed by atoms with Crippen LogP contribution >= 0.6 is 15.9 Å². The van der Waals surface area contributed by atoms with Gasteiger partial charge in [-0.3, -0.25) is 14.5 Å². The van der Waals surface area contributed by atoms with Gasteiger partial charge in [-0.1, -0.05) is 28.1 Å². The molecule has 1 unspecified atom stereocenters. The number of methoxy groups -OCH3 is 1. The van der Waals surface area contributed by atoms with E-state index in [1.54, 1.807) is 20.1 Å². The quantitative estimate of drug-likeness (QED) is 0.597. The minimum absolute atomic E-state index is 0.0301. The molecule has 30 heavy (non-hydrogen) atoms. The van der Waals surface area contributed by atoms with Crippen molar-refractivity contribution in [3.63, 3.8) is 0 Å². The van der Waals surface area contributed by atoms with Crippen LogP contribution in [0.15, 0.2) is 46.9 Å². The van der Waals surface area contributed by atoms with Crippen molar-refractivity contribution in [3.8, 4) is 5.75 Å². The van der Waals surface area contributed by atoms with Gasteiger partial charge in [-0.25, -0.2) is 9.18 Å². The highest BCUT2D eigenvalue weighted by Crippen LogP contribution is 2.24. The van der Waals surface area contributed by atoms with Crippen LogP contribution < -0.4 is 15.4 Å². The number of carbonyl (C=O) groups is 3. The molecule has 0 saturated carbocycles. The largest absolute Gasteiger partial charge is 0.497 e. The van der Waals surface area contributed by atoms with Gasteiger partial charge in [0.1, 0.15) is 23.7 Å². The molecule has 0 spiro atoms. The van der Waals surface area contributed by atoms with Crippen molar-refractivity contribution in [1.82, 2.24) is 10.2 Å². The lowest BCUT2D eigenvalue weighted by Crippen LogP contribution is -2.45. The molecule has 1 atom stereocenters. The van der Waals surface area contributed by atoms with E-state index >= 15 is 0 Å². The smallest absolute Gasteiger partial charge is 0.325 e. The first kappa shape index (κ1) is 21.8. The number of halogens is 2. The van der Waals surface area contributed by atoms with Gasteiger partial charge in [0.15, 0.2) is 0 Å². The van der Waals surface area contributed by atoms with Crippen molar-refractivity contribution in [2.75, 3.05) is 19.0 Å². The highest BCUT2D eigenvalue weighted by atomic mass is 79.9. The first-order chi connectivity index (χ1) is 14.2. The molecule has 1 aliphatic rings. The Morgan fingerprint density at radius 1 is 1.23 bits per heavy atom. The summed E-state index contributed by atoms with van der Waals surface area (Å²) in [6.07, 6.45) is 0.917. The molecule has 2 aromatic carbocycles. The maximum absolute atomic E-state index is 13.9. The number of nitrogens with zero attached hydrogens (tertiary/aromatic N) is 1. The van der Waals surface area contributed by atoms with Gasteiger partial charge in [-0.2, -0.15) is 0 Å². The predicted octanol–water partition coefficient (Wildman–Crippen LogP) is 3.48. The second-order valence-corrected chi connectivity index (χ2v) is 8.09. The van der Waals surface area contributed by atoms with Gasteiger partial charge in [-0.15, -0.1) is 0 Å². The topological polar surface area (TPSA) is 87.7 Å². The van der Waals surface area contributed by atoms with E-state index in [4.69, 9.17) is 4.74 Å². The van der Waals surface area contributed by atoms with Crippen LogP contribution in [0.5, 0.6) is 5.75 Å².